The average molecular weight is 296 g/mol. The third-order valence-corrected chi connectivity index (χ3v) is 4.84. The molecule has 1 aromatic heterocycles. The number of hydrogen-bond acceptors (Lipinski definition) is 4. The molecule has 0 unspecified atom stereocenters. The van der Waals surface area contributed by atoms with Gasteiger partial charge in [-0.1, -0.05) is 30.3 Å². The topological polar surface area (TPSA) is 59.1 Å². The SMILES string of the molecule is O=S(=O)(CCCc1ccccc1)NCc1nccs1. The average Bonchev–Trinajstić information content (AvgIpc) is 2.91. The van der Waals surface area contributed by atoms with Gasteiger partial charge in [-0.25, -0.2) is 18.1 Å². The van der Waals surface area contributed by atoms with Gasteiger partial charge in [-0.3, -0.25) is 0 Å². The second-order valence-electron chi connectivity index (χ2n) is 4.15. The van der Waals surface area contributed by atoms with Gasteiger partial charge in [-0.15, -0.1) is 11.3 Å². The van der Waals surface area contributed by atoms with E-state index in [0.29, 0.717) is 6.42 Å². The third kappa shape index (κ3) is 5.10. The van der Waals surface area contributed by atoms with E-state index in [2.05, 4.69) is 9.71 Å². The lowest BCUT2D eigenvalue weighted by Gasteiger charge is -2.05. The molecule has 0 aliphatic carbocycles. The van der Waals surface area contributed by atoms with E-state index in [1.807, 2.05) is 35.7 Å². The largest absolute Gasteiger partial charge is 0.248 e. The summed E-state index contributed by atoms with van der Waals surface area (Å²) in [5.41, 5.74) is 1.16. The Labute approximate surface area is 117 Å². The van der Waals surface area contributed by atoms with Gasteiger partial charge < -0.3 is 0 Å². The highest BCUT2D eigenvalue weighted by Crippen LogP contribution is 2.06. The number of rotatable bonds is 7. The van der Waals surface area contributed by atoms with Crippen LogP contribution >= 0.6 is 11.3 Å². The molecule has 1 N–H and O–H groups in total. The Kier molecular flexibility index (Phi) is 5.07. The van der Waals surface area contributed by atoms with Gasteiger partial charge in [0.1, 0.15) is 5.01 Å². The summed E-state index contributed by atoms with van der Waals surface area (Å²) >= 11 is 1.45. The van der Waals surface area contributed by atoms with E-state index in [9.17, 15) is 8.42 Å². The summed E-state index contributed by atoms with van der Waals surface area (Å²) in [6, 6.07) is 9.90. The maximum absolute atomic E-state index is 11.8. The van der Waals surface area contributed by atoms with Gasteiger partial charge in [-0.2, -0.15) is 0 Å². The molecular formula is C13H16N2O2S2. The van der Waals surface area contributed by atoms with Crippen molar-refractivity contribution in [1.29, 1.82) is 0 Å². The molecule has 0 saturated carbocycles. The number of nitrogens with one attached hydrogen (secondary N) is 1. The molecule has 0 aliphatic rings. The van der Waals surface area contributed by atoms with Crippen LogP contribution in [-0.2, 0) is 23.0 Å². The number of sulfonamides is 1. The van der Waals surface area contributed by atoms with Crippen LogP contribution in [-0.4, -0.2) is 19.2 Å². The zero-order valence-corrected chi connectivity index (χ0v) is 12.1. The van der Waals surface area contributed by atoms with E-state index >= 15 is 0 Å². The molecule has 6 heteroatoms. The fourth-order valence-corrected chi connectivity index (χ4v) is 3.37. The van der Waals surface area contributed by atoms with Gasteiger partial charge in [0.2, 0.25) is 10.0 Å². The van der Waals surface area contributed by atoms with Crippen LogP contribution in [0.1, 0.15) is 17.0 Å². The minimum Gasteiger partial charge on any atom is -0.248 e. The second-order valence-corrected chi connectivity index (χ2v) is 7.06. The van der Waals surface area contributed by atoms with Crippen LogP contribution < -0.4 is 4.72 Å². The Morgan fingerprint density at radius 2 is 2.00 bits per heavy atom. The Hall–Kier alpha value is -1.24. The molecule has 0 bridgehead atoms. The first-order valence-electron chi connectivity index (χ1n) is 6.05. The van der Waals surface area contributed by atoms with Gasteiger partial charge in [0.15, 0.2) is 0 Å². The minimum atomic E-state index is -3.21. The van der Waals surface area contributed by atoms with Crippen LogP contribution in [0, 0.1) is 0 Å². The van der Waals surface area contributed by atoms with Crippen molar-refractivity contribution in [3.63, 3.8) is 0 Å². The van der Waals surface area contributed by atoms with E-state index in [-0.39, 0.29) is 12.3 Å². The van der Waals surface area contributed by atoms with E-state index in [1.165, 1.54) is 11.3 Å². The Morgan fingerprint density at radius 3 is 2.68 bits per heavy atom. The lowest BCUT2D eigenvalue weighted by Crippen LogP contribution is -2.26. The van der Waals surface area contributed by atoms with E-state index < -0.39 is 10.0 Å². The maximum Gasteiger partial charge on any atom is 0.211 e. The minimum absolute atomic E-state index is 0.146. The lowest BCUT2D eigenvalue weighted by atomic mass is 10.1. The zero-order chi connectivity index (χ0) is 13.6. The van der Waals surface area contributed by atoms with Crippen molar-refractivity contribution in [3.8, 4) is 0 Å². The molecule has 1 heterocycles. The van der Waals surface area contributed by atoms with Crippen molar-refractivity contribution >= 4 is 21.4 Å². The Bertz CT molecular complexity index is 580. The Balaban J connectivity index is 1.75. The first-order chi connectivity index (χ1) is 9.16. The third-order valence-electron chi connectivity index (χ3n) is 2.65. The van der Waals surface area contributed by atoms with Crippen molar-refractivity contribution in [2.45, 2.75) is 19.4 Å². The summed E-state index contributed by atoms with van der Waals surface area (Å²) in [7, 11) is -3.21. The number of thiazole rings is 1. The molecule has 2 aromatic rings. The van der Waals surface area contributed by atoms with Gasteiger partial charge >= 0.3 is 0 Å². The highest BCUT2D eigenvalue weighted by Gasteiger charge is 2.10. The van der Waals surface area contributed by atoms with Crippen molar-refractivity contribution in [1.82, 2.24) is 9.71 Å². The van der Waals surface area contributed by atoms with Crippen LogP contribution in [0.15, 0.2) is 41.9 Å². The van der Waals surface area contributed by atoms with Crippen LogP contribution in [0.3, 0.4) is 0 Å². The predicted molar refractivity (Wildman–Crippen MR) is 77.5 cm³/mol. The standard InChI is InChI=1S/C13H16N2O2S2/c16-19(17,15-11-13-14-8-9-18-13)10-4-7-12-5-2-1-3-6-12/h1-3,5-6,8-9,15H,4,7,10-11H2. The number of hydrogen-bond donors (Lipinski definition) is 1. The van der Waals surface area contributed by atoms with Crippen LogP contribution in [0.2, 0.25) is 0 Å². The number of nitrogens with zero attached hydrogens (tertiary/aromatic N) is 1. The predicted octanol–water partition coefficient (Wildman–Crippen LogP) is 2.20. The molecular weight excluding hydrogens is 280 g/mol. The van der Waals surface area contributed by atoms with E-state index in [1.54, 1.807) is 6.20 Å². The number of benzene rings is 1. The van der Waals surface area contributed by atoms with Gasteiger partial charge in [-0.05, 0) is 18.4 Å². The first-order valence-corrected chi connectivity index (χ1v) is 8.58. The maximum atomic E-state index is 11.8. The summed E-state index contributed by atoms with van der Waals surface area (Å²) in [6.45, 7) is 0.283. The van der Waals surface area contributed by atoms with Gasteiger partial charge in [0.05, 0.1) is 12.3 Å². The molecule has 1 aromatic carbocycles. The molecule has 0 saturated heterocycles. The summed E-state index contributed by atoms with van der Waals surface area (Å²) in [5, 5.41) is 2.62. The van der Waals surface area contributed by atoms with Crippen molar-refractivity contribution in [3.05, 3.63) is 52.5 Å². The van der Waals surface area contributed by atoms with Crippen molar-refractivity contribution < 1.29 is 8.42 Å². The summed E-state index contributed by atoms with van der Waals surface area (Å²) in [6.07, 6.45) is 3.07. The summed E-state index contributed by atoms with van der Waals surface area (Å²) in [4.78, 5) is 4.04. The molecule has 102 valence electrons. The van der Waals surface area contributed by atoms with Crippen LogP contribution in [0.5, 0.6) is 0 Å². The van der Waals surface area contributed by atoms with Crippen molar-refractivity contribution in [2.75, 3.05) is 5.75 Å². The monoisotopic (exact) mass is 296 g/mol. The van der Waals surface area contributed by atoms with Crippen LogP contribution in [0.25, 0.3) is 0 Å². The highest BCUT2D eigenvalue weighted by molar-refractivity contribution is 7.89. The zero-order valence-electron chi connectivity index (χ0n) is 10.5. The number of aryl methyl sites for hydroxylation is 1. The molecule has 0 atom stereocenters. The fourth-order valence-electron chi connectivity index (χ4n) is 1.70. The molecule has 19 heavy (non-hydrogen) atoms. The number of aromatic nitrogens is 1. The highest BCUT2D eigenvalue weighted by atomic mass is 32.2. The quantitative estimate of drug-likeness (QED) is 0.852. The van der Waals surface area contributed by atoms with Crippen molar-refractivity contribution in [2.24, 2.45) is 0 Å². The van der Waals surface area contributed by atoms with E-state index in [4.69, 9.17) is 0 Å². The van der Waals surface area contributed by atoms with Gasteiger partial charge in [0.25, 0.3) is 0 Å². The van der Waals surface area contributed by atoms with Crippen LogP contribution in [0.4, 0.5) is 0 Å². The summed E-state index contributed by atoms with van der Waals surface area (Å²) in [5.74, 6) is 0.146. The molecule has 0 aliphatic heterocycles. The first kappa shape index (κ1) is 14.2. The van der Waals surface area contributed by atoms with Gasteiger partial charge in [0, 0.05) is 11.6 Å². The summed E-state index contributed by atoms with van der Waals surface area (Å²) < 4.78 is 26.1. The fraction of sp³-hybridized carbons (Fsp3) is 0.308. The molecule has 4 nitrogen and oxygen atoms in total. The molecule has 0 fully saturated rings. The lowest BCUT2D eigenvalue weighted by molar-refractivity contribution is 0.578. The van der Waals surface area contributed by atoms with E-state index in [0.717, 1.165) is 17.0 Å². The molecule has 0 spiro atoms. The molecule has 0 radical (unpaired) electrons. The smallest absolute Gasteiger partial charge is 0.211 e. The normalized spacial score (nSPS) is 11.6. The second kappa shape index (κ2) is 6.79. The molecule has 2 rings (SSSR count). The Morgan fingerprint density at radius 1 is 1.21 bits per heavy atom. The molecule has 0 amide bonds.